The van der Waals surface area contributed by atoms with Crippen molar-refractivity contribution in [3.8, 4) is 11.1 Å². The fourth-order valence-electron chi connectivity index (χ4n) is 1.50. The predicted octanol–water partition coefficient (Wildman–Crippen LogP) is 3.20. The topological polar surface area (TPSA) is 32.9 Å². The van der Waals surface area contributed by atoms with Crippen LogP contribution in [0.25, 0.3) is 11.1 Å². The molecule has 0 aliphatic carbocycles. The maximum absolute atomic E-state index is 13.0. The molecule has 0 atom stereocenters. The zero-order valence-electron chi connectivity index (χ0n) is 8.88. The van der Waals surface area contributed by atoms with E-state index in [2.05, 4.69) is 4.98 Å². The van der Waals surface area contributed by atoms with Crippen LogP contribution in [0.4, 0.5) is 17.6 Å². The molecule has 2 rings (SSSR count). The van der Waals surface area contributed by atoms with Gasteiger partial charge in [-0.25, -0.2) is 4.39 Å². The first kappa shape index (κ1) is 12.3. The van der Waals surface area contributed by atoms with Crippen molar-refractivity contribution in [3.05, 3.63) is 58.3 Å². The zero-order chi connectivity index (χ0) is 13.3. The maximum atomic E-state index is 13.0. The van der Waals surface area contributed by atoms with Crippen LogP contribution in [0, 0.1) is 5.82 Å². The third kappa shape index (κ3) is 2.42. The number of pyridine rings is 1. The summed E-state index contributed by atoms with van der Waals surface area (Å²) in [5.41, 5.74) is -1.38. The summed E-state index contributed by atoms with van der Waals surface area (Å²) in [6.45, 7) is 0. The van der Waals surface area contributed by atoms with E-state index in [4.69, 9.17) is 0 Å². The minimum atomic E-state index is -4.46. The third-order valence-corrected chi connectivity index (χ3v) is 2.38. The maximum Gasteiger partial charge on any atom is 0.416 e. The standard InChI is InChI=1S/C12H7F4NO/c13-10-5-8(6-17-11(10)18)7-2-1-3-9(4-7)12(14,15)16/h1-6H,(H,17,18). The van der Waals surface area contributed by atoms with Gasteiger partial charge in [-0.2, -0.15) is 13.2 Å². The summed E-state index contributed by atoms with van der Waals surface area (Å²) in [6.07, 6.45) is -3.29. The van der Waals surface area contributed by atoms with Crippen LogP contribution in [0.2, 0.25) is 0 Å². The molecule has 6 heteroatoms. The monoisotopic (exact) mass is 257 g/mol. The fourth-order valence-corrected chi connectivity index (χ4v) is 1.50. The van der Waals surface area contributed by atoms with Crippen LogP contribution in [0.3, 0.4) is 0 Å². The second kappa shape index (κ2) is 4.29. The van der Waals surface area contributed by atoms with E-state index in [0.717, 1.165) is 18.2 Å². The first-order chi connectivity index (χ1) is 8.38. The highest BCUT2D eigenvalue weighted by molar-refractivity contribution is 5.63. The van der Waals surface area contributed by atoms with Gasteiger partial charge in [0, 0.05) is 11.8 Å². The predicted molar refractivity (Wildman–Crippen MR) is 57.5 cm³/mol. The SMILES string of the molecule is O=c1[nH]cc(-c2cccc(C(F)(F)F)c2)cc1F. The van der Waals surface area contributed by atoms with Crippen LogP contribution < -0.4 is 5.56 Å². The van der Waals surface area contributed by atoms with Crippen molar-refractivity contribution in [3.63, 3.8) is 0 Å². The number of alkyl halides is 3. The lowest BCUT2D eigenvalue weighted by molar-refractivity contribution is -0.137. The van der Waals surface area contributed by atoms with Crippen molar-refractivity contribution in [2.75, 3.05) is 0 Å². The Hall–Kier alpha value is -2.11. The van der Waals surface area contributed by atoms with E-state index in [0.29, 0.717) is 0 Å². The summed E-state index contributed by atoms with van der Waals surface area (Å²) >= 11 is 0. The molecule has 0 spiro atoms. The number of hydrogen-bond acceptors (Lipinski definition) is 1. The summed E-state index contributed by atoms with van der Waals surface area (Å²) < 4.78 is 50.5. The lowest BCUT2D eigenvalue weighted by atomic mass is 10.0. The van der Waals surface area contributed by atoms with E-state index >= 15 is 0 Å². The van der Waals surface area contributed by atoms with Crippen LogP contribution in [-0.4, -0.2) is 4.98 Å². The summed E-state index contributed by atoms with van der Waals surface area (Å²) in [7, 11) is 0. The molecule has 0 unspecified atom stereocenters. The smallest absolute Gasteiger partial charge is 0.326 e. The van der Waals surface area contributed by atoms with Gasteiger partial charge in [0.05, 0.1) is 5.56 Å². The number of aromatic amines is 1. The highest BCUT2D eigenvalue weighted by atomic mass is 19.4. The average molecular weight is 257 g/mol. The molecule has 0 aliphatic rings. The number of hydrogen-bond donors (Lipinski definition) is 1. The third-order valence-electron chi connectivity index (χ3n) is 2.38. The normalized spacial score (nSPS) is 11.6. The minimum Gasteiger partial charge on any atom is -0.326 e. The van der Waals surface area contributed by atoms with Gasteiger partial charge < -0.3 is 4.98 Å². The Bertz CT molecular complexity index is 630. The van der Waals surface area contributed by atoms with Gasteiger partial charge in [0.1, 0.15) is 0 Å². The minimum absolute atomic E-state index is 0.179. The molecular formula is C12H7F4NO. The molecule has 18 heavy (non-hydrogen) atoms. The van der Waals surface area contributed by atoms with E-state index in [1.54, 1.807) is 0 Å². The lowest BCUT2D eigenvalue weighted by Crippen LogP contribution is -2.09. The molecule has 0 bridgehead atoms. The zero-order valence-corrected chi connectivity index (χ0v) is 8.88. The van der Waals surface area contributed by atoms with E-state index in [9.17, 15) is 22.4 Å². The van der Waals surface area contributed by atoms with Crippen molar-refractivity contribution >= 4 is 0 Å². The van der Waals surface area contributed by atoms with E-state index in [1.807, 2.05) is 0 Å². The highest BCUT2D eigenvalue weighted by Gasteiger charge is 2.30. The summed E-state index contributed by atoms with van der Waals surface area (Å²) in [6, 6.07) is 5.34. The molecule has 2 nitrogen and oxygen atoms in total. The summed E-state index contributed by atoms with van der Waals surface area (Å²) in [4.78, 5) is 12.9. The first-order valence-electron chi connectivity index (χ1n) is 4.94. The Labute approximate surface area is 98.9 Å². The molecule has 0 saturated heterocycles. The molecular weight excluding hydrogens is 250 g/mol. The van der Waals surface area contributed by atoms with Crippen molar-refractivity contribution in [1.29, 1.82) is 0 Å². The van der Waals surface area contributed by atoms with Gasteiger partial charge >= 0.3 is 6.18 Å². The van der Waals surface area contributed by atoms with Crippen molar-refractivity contribution in [2.45, 2.75) is 6.18 Å². The molecule has 0 amide bonds. The number of benzene rings is 1. The quantitative estimate of drug-likeness (QED) is 0.782. The van der Waals surface area contributed by atoms with E-state index < -0.39 is 23.1 Å². The van der Waals surface area contributed by atoms with Crippen LogP contribution in [0.15, 0.2) is 41.3 Å². The van der Waals surface area contributed by atoms with Gasteiger partial charge in [-0.1, -0.05) is 12.1 Å². The van der Waals surface area contributed by atoms with Gasteiger partial charge in [-0.3, -0.25) is 4.79 Å². The largest absolute Gasteiger partial charge is 0.416 e. The number of aromatic nitrogens is 1. The highest BCUT2D eigenvalue weighted by Crippen LogP contribution is 2.31. The van der Waals surface area contributed by atoms with Crippen molar-refractivity contribution in [2.24, 2.45) is 0 Å². The lowest BCUT2D eigenvalue weighted by Gasteiger charge is -2.08. The average Bonchev–Trinajstić information content (AvgIpc) is 2.32. The van der Waals surface area contributed by atoms with E-state index in [1.165, 1.54) is 18.3 Å². The fraction of sp³-hybridized carbons (Fsp3) is 0.0833. The number of halogens is 4. The summed E-state index contributed by atoms with van der Waals surface area (Å²) in [5, 5.41) is 0. The Morgan fingerprint density at radius 1 is 1.06 bits per heavy atom. The molecule has 0 aliphatic heterocycles. The van der Waals surface area contributed by atoms with Crippen LogP contribution >= 0.6 is 0 Å². The van der Waals surface area contributed by atoms with Crippen LogP contribution in [0.1, 0.15) is 5.56 Å². The molecule has 0 saturated carbocycles. The Kier molecular flexibility index (Phi) is 2.94. The first-order valence-corrected chi connectivity index (χ1v) is 4.94. The van der Waals surface area contributed by atoms with Crippen LogP contribution in [0.5, 0.6) is 0 Å². The number of rotatable bonds is 1. The van der Waals surface area contributed by atoms with Gasteiger partial charge in [-0.05, 0) is 23.8 Å². The molecule has 94 valence electrons. The molecule has 1 N–H and O–H groups in total. The van der Waals surface area contributed by atoms with Gasteiger partial charge in [0.25, 0.3) is 5.56 Å². The Morgan fingerprint density at radius 2 is 1.78 bits per heavy atom. The van der Waals surface area contributed by atoms with Gasteiger partial charge in [-0.15, -0.1) is 0 Å². The number of H-pyrrole nitrogens is 1. The molecule has 0 fully saturated rings. The second-order valence-corrected chi connectivity index (χ2v) is 3.64. The van der Waals surface area contributed by atoms with Crippen molar-refractivity contribution < 1.29 is 17.6 Å². The Balaban J connectivity index is 2.51. The second-order valence-electron chi connectivity index (χ2n) is 3.64. The van der Waals surface area contributed by atoms with Gasteiger partial charge in [0.15, 0.2) is 5.82 Å². The number of nitrogens with one attached hydrogen (secondary N) is 1. The molecule has 1 heterocycles. The molecule has 0 radical (unpaired) electrons. The Morgan fingerprint density at radius 3 is 2.39 bits per heavy atom. The summed E-state index contributed by atoms with van der Waals surface area (Å²) in [5.74, 6) is -1.04. The molecule has 1 aromatic heterocycles. The molecule has 2 aromatic rings. The van der Waals surface area contributed by atoms with Crippen LogP contribution in [-0.2, 0) is 6.18 Å². The molecule has 1 aromatic carbocycles. The van der Waals surface area contributed by atoms with Gasteiger partial charge in [0.2, 0.25) is 0 Å². The van der Waals surface area contributed by atoms with E-state index in [-0.39, 0.29) is 11.1 Å². The van der Waals surface area contributed by atoms with Crippen molar-refractivity contribution in [1.82, 2.24) is 4.98 Å².